The van der Waals surface area contributed by atoms with Crippen molar-refractivity contribution >= 4 is 12.1 Å². The topological polar surface area (TPSA) is 84.9 Å². The van der Waals surface area contributed by atoms with Crippen LogP contribution in [0.15, 0.2) is 12.7 Å². The number of carboxylic acids is 1. The average molecular weight is 259 g/mol. The molecule has 0 heterocycles. The van der Waals surface area contributed by atoms with Gasteiger partial charge in [-0.2, -0.15) is 0 Å². The van der Waals surface area contributed by atoms with Crippen LogP contribution >= 0.6 is 0 Å². The standard InChI is InChI=1S/C12H21NO5/c1-6-7-17-8(2)9(10(14)15)13-11(16)18-12(3,4)5/h6,8-9H,1,7H2,2-5H3,(H,13,16)(H,14,15)/t8-,9+/m1/s1. The highest BCUT2D eigenvalue weighted by atomic mass is 16.6. The normalized spacial score (nSPS) is 14.4. The average Bonchev–Trinajstić information content (AvgIpc) is 2.19. The lowest BCUT2D eigenvalue weighted by Crippen LogP contribution is -2.50. The zero-order chi connectivity index (χ0) is 14.3. The summed E-state index contributed by atoms with van der Waals surface area (Å²) in [6.45, 7) is 10.3. The van der Waals surface area contributed by atoms with E-state index in [-0.39, 0.29) is 6.61 Å². The largest absolute Gasteiger partial charge is 0.480 e. The summed E-state index contributed by atoms with van der Waals surface area (Å²) >= 11 is 0. The molecule has 0 aromatic rings. The highest BCUT2D eigenvalue weighted by molar-refractivity contribution is 5.80. The Kier molecular flexibility index (Phi) is 6.40. The van der Waals surface area contributed by atoms with E-state index in [1.807, 2.05) is 0 Å². The molecule has 104 valence electrons. The molecule has 0 bridgehead atoms. The van der Waals surface area contributed by atoms with Crippen molar-refractivity contribution in [3.8, 4) is 0 Å². The maximum absolute atomic E-state index is 11.5. The number of carbonyl (C=O) groups excluding carboxylic acids is 1. The number of amides is 1. The van der Waals surface area contributed by atoms with Gasteiger partial charge < -0.3 is 19.9 Å². The highest BCUT2D eigenvalue weighted by Crippen LogP contribution is 2.08. The van der Waals surface area contributed by atoms with Gasteiger partial charge in [-0.1, -0.05) is 6.08 Å². The molecule has 0 aliphatic rings. The van der Waals surface area contributed by atoms with E-state index in [4.69, 9.17) is 14.6 Å². The number of ether oxygens (including phenoxy) is 2. The van der Waals surface area contributed by atoms with Gasteiger partial charge in [0.1, 0.15) is 5.60 Å². The first-order valence-corrected chi connectivity index (χ1v) is 5.62. The predicted molar refractivity (Wildman–Crippen MR) is 66.4 cm³/mol. The third-order valence-corrected chi connectivity index (χ3v) is 1.88. The summed E-state index contributed by atoms with van der Waals surface area (Å²) in [7, 11) is 0. The molecule has 1 amide bonds. The molecule has 6 nitrogen and oxygen atoms in total. The molecule has 0 rings (SSSR count). The molecule has 0 unspecified atom stereocenters. The van der Waals surface area contributed by atoms with Crippen molar-refractivity contribution in [3.05, 3.63) is 12.7 Å². The second-order valence-electron chi connectivity index (χ2n) is 4.79. The van der Waals surface area contributed by atoms with Crippen molar-refractivity contribution in [1.29, 1.82) is 0 Å². The lowest BCUT2D eigenvalue weighted by atomic mass is 10.2. The molecule has 0 aliphatic heterocycles. The number of hydrogen-bond acceptors (Lipinski definition) is 4. The minimum Gasteiger partial charge on any atom is -0.480 e. The van der Waals surface area contributed by atoms with Crippen LogP contribution in [0.25, 0.3) is 0 Å². The van der Waals surface area contributed by atoms with Gasteiger partial charge in [-0.3, -0.25) is 0 Å². The van der Waals surface area contributed by atoms with Crippen molar-refractivity contribution in [2.45, 2.75) is 45.4 Å². The van der Waals surface area contributed by atoms with Crippen LogP contribution < -0.4 is 5.32 Å². The van der Waals surface area contributed by atoms with Crippen LogP contribution in [0.3, 0.4) is 0 Å². The molecule has 2 N–H and O–H groups in total. The number of alkyl carbamates (subject to hydrolysis) is 1. The van der Waals surface area contributed by atoms with Gasteiger partial charge in [0.2, 0.25) is 0 Å². The Balaban J connectivity index is 4.49. The van der Waals surface area contributed by atoms with Crippen LogP contribution in [0.4, 0.5) is 4.79 Å². The van der Waals surface area contributed by atoms with Gasteiger partial charge in [-0.05, 0) is 27.7 Å². The Morgan fingerprint density at radius 2 is 2.00 bits per heavy atom. The molecule has 2 atom stereocenters. The Morgan fingerprint density at radius 3 is 2.39 bits per heavy atom. The van der Waals surface area contributed by atoms with E-state index in [1.54, 1.807) is 27.7 Å². The highest BCUT2D eigenvalue weighted by Gasteiger charge is 2.29. The van der Waals surface area contributed by atoms with E-state index in [9.17, 15) is 9.59 Å². The number of carboxylic acid groups (broad SMARTS) is 1. The molecular formula is C12H21NO5. The molecule has 0 radical (unpaired) electrons. The van der Waals surface area contributed by atoms with Gasteiger partial charge in [0.25, 0.3) is 0 Å². The van der Waals surface area contributed by atoms with Gasteiger partial charge in [-0.25, -0.2) is 9.59 Å². The van der Waals surface area contributed by atoms with Gasteiger partial charge >= 0.3 is 12.1 Å². The summed E-state index contributed by atoms with van der Waals surface area (Å²) < 4.78 is 10.2. The van der Waals surface area contributed by atoms with Crippen molar-refractivity contribution in [1.82, 2.24) is 5.32 Å². The fourth-order valence-corrected chi connectivity index (χ4v) is 1.13. The first-order chi connectivity index (χ1) is 8.17. The molecule has 0 fully saturated rings. The van der Waals surface area contributed by atoms with E-state index in [1.165, 1.54) is 6.08 Å². The quantitative estimate of drug-likeness (QED) is 0.707. The molecule has 6 heteroatoms. The molecular weight excluding hydrogens is 238 g/mol. The van der Waals surface area contributed by atoms with Gasteiger partial charge in [0, 0.05) is 0 Å². The first kappa shape index (κ1) is 16.4. The summed E-state index contributed by atoms with van der Waals surface area (Å²) in [4.78, 5) is 22.5. The van der Waals surface area contributed by atoms with Crippen molar-refractivity contribution < 1.29 is 24.2 Å². The predicted octanol–water partition coefficient (Wildman–Crippen LogP) is 1.56. The Morgan fingerprint density at radius 1 is 1.44 bits per heavy atom. The number of aliphatic carboxylic acids is 1. The van der Waals surface area contributed by atoms with Gasteiger partial charge in [0.15, 0.2) is 6.04 Å². The van der Waals surface area contributed by atoms with E-state index in [0.29, 0.717) is 0 Å². The molecule has 18 heavy (non-hydrogen) atoms. The molecule has 0 saturated heterocycles. The lowest BCUT2D eigenvalue weighted by Gasteiger charge is -2.24. The monoisotopic (exact) mass is 259 g/mol. The Bertz CT molecular complexity index is 308. The zero-order valence-corrected chi connectivity index (χ0v) is 11.2. The van der Waals surface area contributed by atoms with Crippen molar-refractivity contribution in [2.24, 2.45) is 0 Å². The zero-order valence-electron chi connectivity index (χ0n) is 11.2. The first-order valence-electron chi connectivity index (χ1n) is 5.62. The van der Waals surface area contributed by atoms with Crippen LogP contribution in [0, 0.1) is 0 Å². The van der Waals surface area contributed by atoms with Gasteiger partial charge in [-0.15, -0.1) is 6.58 Å². The second-order valence-corrected chi connectivity index (χ2v) is 4.79. The minimum atomic E-state index is -1.18. The molecule has 0 aromatic carbocycles. The summed E-state index contributed by atoms with van der Waals surface area (Å²) in [5.74, 6) is -1.18. The Labute approximate surface area is 107 Å². The van der Waals surface area contributed by atoms with Crippen LogP contribution in [0.2, 0.25) is 0 Å². The van der Waals surface area contributed by atoms with E-state index in [2.05, 4.69) is 11.9 Å². The third kappa shape index (κ3) is 6.90. The van der Waals surface area contributed by atoms with Crippen LogP contribution in [-0.4, -0.2) is 41.5 Å². The van der Waals surface area contributed by atoms with Crippen molar-refractivity contribution in [3.63, 3.8) is 0 Å². The smallest absolute Gasteiger partial charge is 0.408 e. The number of carbonyl (C=O) groups is 2. The fraction of sp³-hybridized carbons (Fsp3) is 0.667. The Hall–Kier alpha value is -1.56. The number of nitrogens with one attached hydrogen (secondary N) is 1. The molecule has 0 aromatic heterocycles. The SMILES string of the molecule is C=CCO[C@H](C)[C@H](NC(=O)OC(C)(C)C)C(=O)O. The van der Waals surface area contributed by atoms with Crippen LogP contribution in [0.1, 0.15) is 27.7 Å². The summed E-state index contributed by atoms with van der Waals surface area (Å²) in [6, 6.07) is -1.17. The van der Waals surface area contributed by atoms with Crippen LogP contribution in [0.5, 0.6) is 0 Å². The maximum atomic E-state index is 11.5. The van der Waals surface area contributed by atoms with Crippen LogP contribution in [-0.2, 0) is 14.3 Å². The number of hydrogen-bond donors (Lipinski definition) is 2. The molecule has 0 spiro atoms. The van der Waals surface area contributed by atoms with E-state index >= 15 is 0 Å². The number of rotatable bonds is 6. The summed E-state index contributed by atoms with van der Waals surface area (Å²) in [5, 5.41) is 11.3. The minimum absolute atomic E-state index is 0.209. The molecule has 0 aliphatic carbocycles. The third-order valence-electron chi connectivity index (χ3n) is 1.88. The summed E-state index contributed by atoms with van der Waals surface area (Å²) in [5.41, 5.74) is -0.682. The van der Waals surface area contributed by atoms with E-state index in [0.717, 1.165) is 0 Å². The maximum Gasteiger partial charge on any atom is 0.408 e. The summed E-state index contributed by atoms with van der Waals surface area (Å²) in [6.07, 6.45) is 0.0278. The second kappa shape index (κ2) is 7.00. The molecule has 0 saturated carbocycles. The fourth-order valence-electron chi connectivity index (χ4n) is 1.13. The lowest BCUT2D eigenvalue weighted by molar-refractivity contribution is -0.143. The van der Waals surface area contributed by atoms with Gasteiger partial charge in [0.05, 0.1) is 12.7 Å². The van der Waals surface area contributed by atoms with E-state index < -0.39 is 29.8 Å². The van der Waals surface area contributed by atoms with Crippen molar-refractivity contribution in [2.75, 3.05) is 6.61 Å².